The number of imidazole rings is 4. The number of amides is 1. The number of ketones is 1. The molecule has 0 aliphatic carbocycles. The number of hydrogen-bond acceptors (Lipinski definition) is 25. The number of aryl methyl sites for hydroxylation is 8. The van der Waals surface area contributed by atoms with Crippen molar-refractivity contribution in [2.45, 2.75) is 134 Å². The number of fused-ring (bicyclic) bond motifs is 5. The standard InChI is InChI=1S/C24H23F2N5O4.C23H20F2N6O2.C18H18F2N4O.C17H16F2N4O.C8H12O5/c1-12-9-17(35-11-14-15(25)7-6-8-16(14)26)21-27-13(2)18(31(21)10-12)20-28-22(32)19(29-30-20)24(3,4)23(33)34-5;1-11-8-16(33-10-13-14(24)6-5-7-15(13)25)21-26-12(2)17(31(21)9-11)19-27-20-18(29-30-19)23(3,4)22(32)28-20;1-10-6-16(25-9-12-13(19)4-3-5-14(12)20)18-23-11(2)17(15(22)7-21)24(18)8-10;1-9-6-14(24-8-11-12(18)4-3-5-13(11)19)17-22-10(2)15(16(20)21)23(17)7-9;1-8(2,7(11)13-4)5(9)6(10)12-3/h6-10H,11H2,1-5H3,(H,28,30,32);5-9H,10H2,1-4H3,(H,27,28,30,32);3-6,8,22H,7,9,21H2,1-2H3;3-7H,8H2,1-2H3,(H3,20,21);1-4H3. The zero-order valence-corrected chi connectivity index (χ0v) is 73.4. The van der Waals surface area contributed by atoms with Gasteiger partial charge in [-0.05, 0) is 192 Å². The summed E-state index contributed by atoms with van der Waals surface area (Å²) in [4.78, 5) is 95.3. The number of nitrogens with zero attached hydrogens (tertiary/aromatic N) is 13. The normalized spacial score (nSPS) is 12.0. The number of benzene rings is 4. The number of Topliss-reactive ketones (excluding diaryl/α,β-unsaturated/α-hetero) is 1. The molecule has 40 heteroatoms. The van der Waals surface area contributed by atoms with Gasteiger partial charge in [0.15, 0.2) is 57.2 Å². The van der Waals surface area contributed by atoms with Crippen molar-refractivity contribution < 1.29 is 92.3 Å². The zero-order chi connectivity index (χ0) is 95.2. The molecule has 0 fully saturated rings. The number of nitrogens with two attached hydrogens (primary N) is 2. The van der Waals surface area contributed by atoms with Gasteiger partial charge in [0.25, 0.3) is 11.3 Å². The van der Waals surface area contributed by atoms with Crippen LogP contribution in [0.5, 0.6) is 23.0 Å². The minimum absolute atomic E-state index is 0.0825. The van der Waals surface area contributed by atoms with E-state index in [0.29, 0.717) is 103 Å². The van der Waals surface area contributed by atoms with Gasteiger partial charge in [-0.1, -0.05) is 24.3 Å². The number of esters is 3. The number of anilines is 1. The van der Waals surface area contributed by atoms with E-state index in [1.165, 1.54) is 95.5 Å². The molecule has 8 N–H and O–H groups in total. The second-order valence-electron chi connectivity index (χ2n) is 31.4. The Morgan fingerprint density at radius 2 is 0.823 bits per heavy atom. The maximum Gasteiger partial charge on any atom is 0.375 e. The van der Waals surface area contributed by atoms with Crippen molar-refractivity contribution in [3.8, 4) is 46.0 Å². The average Bonchev–Trinajstić information content (AvgIpc) is 1.60. The molecule has 0 unspecified atom stereocenters. The van der Waals surface area contributed by atoms with Crippen LogP contribution in [-0.2, 0) is 75.4 Å². The number of rotatable bonds is 22. The third-order valence-electron chi connectivity index (χ3n) is 20.6. The number of amidine groups is 1. The van der Waals surface area contributed by atoms with Crippen molar-refractivity contribution in [3.05, 3.63) is 269 Å². The highest BCUT2D eigenvalue weighted by Gasteiger charge is 2.44. The average molecular weight is 1800 g/mol. The lowest BCUT2D eigenvalue weighted by Gasteiger charge is -2.19. The van der Waals surface area contributed by atoms with Gasteiger partial charge >= 0.3 is 17.9 Å². The van der Waals surface area contributed by atoms with E-state index in [0.717, 1.165) is 48.6 Å². The van der Waals surface area contributed by atoms with E-state index in [2.05, 4.69) is 65.1 Å². The summed E-state index contributed by atoms with van der Waals surface area (Å²) in [5.74, 6) is -6.90. The van der Waals surface area contributed by atoms with Crippen molar-refractivity contribution in [1.29, 1.82) is 10.8 Å². The lowest BCUT2D eigenvalue weighted by atomic mass is 9.88. The smallest absolute Gasteiger partial charge is 0.375 e. The highest BCUT2D eigenvalue weighted by atomic mass is 19.2. The Kier molecular flexibility index (Phi) is 28.6. The summed E-state index contributed by atoms with van der Waals surface area (Å²) in [6.45, 7) is 22.5. The number of hydrogen-bond donors (Lipinski definition) is 6. The summed E-state index contributed by atoms with van der Waals surface area (Å²) in [6, 6.07) is 21.5. The minimum atomic E-state index is -1.48. The summed E-state index contributed by atoms with van der Waals surface area (Å²) in [5, 5.41) is 35.1. The molecular weight excluding hydrogens is 1710 g/mol. The molecule has 11 heterocycles. The molecule has 10 aromatic heterocycles. The van der Waals surface area contributed by atoms with Crippen LogP contribution in [0.3, 0.4) is 0 Å². The molecule has 1 aliphatic heterocycles. The largest absolute Gasteiger partial charge is 0.485 e. The molecule has 14 aromatic rings. The molecule has 0 saturated heterocycles. The number of ether oxygens (including phenoxy) is 7. The SMILES string of the molecule is COC(=O)C(=O)C(C)(C)C(=O)OC.COC(=O)C(C)(C)c1nnc(-c2c(C)nc3c(OCc4c(F)cccc4F)cc(C)cn23)[nH]c1=O.Cc1cc(OCc2c(F)cccc2F)c2nc(C)c(-c3nnc4c(n3)NC(=O)C4(C)C)n2c1.Cc1cc(OCc2c(F)cccc2F)c2nc(C)c(C(=N)CN)n2c1.Cc1cc(OCc2c(F)cccc2F)c2nc(C)c(C(=N)N)n2c1. The van der Waals surface area contributed by atoms with E-state index >= 15 is 0 Å². The summed E-state index contributed by atoms with van der Waals surface area (Å²) < 4.78 is 154. The van der Waals surface area contributed by atoms with E-state index in [9.17, 15) is 63.9 Å². The Bertz CT molecular complexity index is 6820. The van der Waals surface area contributed by atoms with Gasteiger partial charge in [0.2, 0.25) is 11.7 Å². The van der Waals surface area contributed by atoms with Crippen LogP contribution in [0.2, 0.25) is 0 Å². The number of pyridine rings is 4. The van der Waals surface area contributed by atoms with Crippen LogP contribution in [-0.4, -0.2) is 137 Å². The summed E-state index contributed by atoms with van der Waals surface area (Å²) in [5.41, 5.74) is 16.4. The third kappa shape index (κ3) is 19.8. The third-order valence-corrected chi connectivity index (χ3v) is 20.6. The van der Waals surface area contributed by atoms with Crippen molar-refractivity contribution in [2.24, 2.45) is 16.9 Å². The zero-order valence-electron chi connectivity index (χ0n) is 73.4. The molecule has 0 spiro atoms. The summed E-state index contributed by atoms with van der Waals surface area (Å²) >= 11 is 0. The van der Waals surface area contributed by atoms with Gasteiger partial charge < -0.3 is 60.3 Å². The van der Waals surface area contributed by atoms with Gasteiger partial charge in [0.1, 0.15) is 118 Å². The highest BCUT2D eigenvalue weighted by molar-refractivity contribution is 6.39. The van der Waals surface area contributed by atoms with E-state index in [1.807, 2.05) is 40.1 Å². The number of nitrogen functional groups attached to an aromatic ring is 1. The molecule has 0 bridgehead atoms. The Labute approximate surface area is 736 Å². The van der Waals surface area contributed by atoms with Crippen molar-refractivity contribution in [1.82, 2.24) is 67.9 Å². The number of methoxy groups -OCH3 is 3. The van der Waals surface area contributed by atoms with Gasteiger partial charge in [-0.15, -0.1) is 20.4 Å². The number of halogens is 8. The lowest BCUT2D eigenvalue weighted by Crippen LogP contribution is -2.39. The molecule has 4 aromatic carbocycles. The molecule has 678 valence electrons. The number of H-pyrrole nitrogens is 1. The molecular formula is C90H89F8N19O13. The topological polar surface area (TPSA) is 428 Å². The first-order valence-corrected chi connectivity index (χ1v) is 39.6. The molecule has 0 saturated carbocycles. The van der Waals surface area contributed by atoms with Gasteiger partial charge in [-0.25, -0.2) is 64.8 Å². The predicted molar refractivity (Wildman–Crippen MR) is 458 cm³/mol. The minimum Gasteiger partial charge on any atom is -0.485 e. The number of aromatic amines is 1. The number of carbonyl (C=O) groups is 5. The molecule has 1 amide bonds. The first kappa shape index (κ1) is 95.4. The lowest BCUT2D eigenvalue weighted by molar-refractivity contribution is -0.164. The molecule has 1 aliphatic rings. The molecule has 15 rings (SSSR count). The van der Waals surface area contributed by atoms with Gasteiger partial charge in [0, 0.05) is 31.3 Å². The molecule has 130 heavy (non-hydrogen) atoms. The van der Waals surface area contributed by atoms with Crippen LogP contribution in [0.4, 0.5) is 40.9 Å². The van der Waals surface area contributed by atoms with Crippen LogP contribution < -0.4 is 41.3 Å². The number of nitrogens with one attached hydrogen (secondary N) is 4. The van der Waals surface area contributed by atoms with E-state index in [4.69, 9.17) is 46.0 Å². The van der Waals surface area contributed by atoms with Gasteiger partial charge in [0.05, 0.1) is 83.2 Å². The first-order valence-electron chi connectivity index (χ1n) is 39.6. The fourth-order valence-corrected chi connectivity index (χ4v) is 13.7. The van der Waals surface area contributed by atoms with Crippen LogP contribution in [0.1, 0.15) is 132 Å². The second-order valence-corrected chi connectivity index (χ2v) is 31.4. The van der Waals surface area contributed by atoms with Crippen molar-refractivity contribution in [3.63, 3.8) is 0 Å². The second kappa shape index (κ2) is 38.9. The quantitative estimate of drug-likeness (QED) is 0.00698. The molecule has 0 atom stereocenters. The summed E-state index contributed by atoms with van der Waals surface area (Å²) in [6.07, 6.45) is 7.20. The van der Waals surface area contributed by atoms with Crippen LogP contribution in [0.25, 0.3) is 45.6 Å². The van der Waals surface area contributed by atoms with E-state index < -0.39 is 92.0 Å². The predicted octanol–water partition coefficient (Wildman–Crippen LogP) is 13.4. The fourth-order valence-electron chi connectivity index (χ4n) is 13.7. The van der Waals surface area contributed by atoms with Crippen molar-refractivity contribution >= 4 is 69.6 Å². The first-order chi connectivity index (χ1) is 61.4. The fraction of sp³-hybridized carbons (Fsp3) is 0.278. The summed E-state index contributed by atoms with van der Waals surface area (Å²) in [7, 11) is 3.45. The van der Waals surface area contributed by atoms with Gasteiger partial charge in [-0.3, -0.25) is 47.0 Å². The van der Waals surface area contributed by atoms with Crippen LogP contribution >= 0.6 is 0 Å². The molecule has 0 radical (unpaired) electrons. The Hall–Kier alpha value is -15.3. The van der Waals surface area contributed by atoms with Crippen molar-refractivity contribution in [2.75, 3.05) is 33.2 Å². The van der Waals surface area contributed by atoms with Crippen LogP contribution in [0, 0.1) is 118 Å². The van der Waals surface area contributed by atoms with E-state index in [1.54, 1.807) is 95.8 Å². The van der Waals surface area contributed by atoms with Gasteiger partial charge in [-0.2, -0.15) is 0 Å². The van der Waals surface area contributed by atoms with E-state index in [-0.39, 0.29) is 90.0 Å². The highest BCUT2D eigenvalue weighted by Crippen LogP contribution is 2.38. The Morgan fingerprint density at radius 1 is 0.469 bits per heavy atom. The molecule has 32 nitrogen and oxygen atoms in total. The number of carbonyl (C=O) groups excluding carboxylic acids is 5. The Morgan fingerprint density at radius 3 is 1.19 bits per heavy atom. The number of aromatic nitrogens is 14. The monoisotopic (exact) mass is 1800 g/mol. The maximum atomic E-state index is 14.0. The van der Waals surface area contributed by atoms with Crippen LogP contribution in [0.15, 0.2) is 127 Å². The Balaban J connectivity index is 0.000000162. The maximum absolute atomic E-state index is 14.0.